The summed E-state index contributed by atoms with van der Waals surface area (Å²) in [6, 6.07) is 15.7. The molecule has 0 aliphatic carbocycles. The van der Waals surface area contributed by atoms with Crippen LogP contribution in [0.1, 0.15) is 35.7 Å². The summed E-state index contributed by atoms with van der Waals surface area (Å²) in [6.45, 7) is 4.24. The fourth-order valence-corrected chi connectivity index (χ4v) is 2.18. The highest BCUT2D eigenvalue weighted by Gasteiger charge is 2.15. The first-order valence-electron chi connectivity index (χ1n) is 6.09. The van der Waals surface area contributed by atoms with Gasteiger partial charge in [-0.1, -0.05) is 56.3 Å². The van der Waals surface area contributed by atoms with Crippen LogP contribution in [0.5, 0.6) is 0 Å². The fourth-order valence-electron chi connectivity index (χ4n) is 2.18. The molecule has 18 heavy (non-hydrogen) atoms. The molecule has 0 saturated carbocycles. The van der Waals surface area contributed by atoms with Crippen molar-refractivity contribution in [2.75, 3.05) is 0 Å². The Balaban J connectivity index is 2.73. The van der Waals surface area contributed by atoms with E-state index in [1.807, 2.05) is 36.4 Å². The monoisotopic (exact) mass is 239 g/mol. The van der Waals surface area contributed by atoms with Gasteiger partial charge in [0.2, 0.25) is 5.91 Å². The third-order valence-corrected chi connectivity index (χ3v) is 3.05. The van der Waals surface area contributed by atoms with Crippen molar-refractivity contribution in [1.29, 1.82) is 0 Å². The van der Waals surface area contributed by atoms with Gasteiger partial charge in [0.1, 0.15) is 0 Å². The van der Waals surface area contributed by atoms with Crippen molar-refractivity contribution in [1.82, 2.24) is 0 Å². The van der Waals surface area contributed by atoms with Crippen LogP contribution in [-0.2, 0) is 0 Å². The topological polar surface area (TPSA) is 43.1 Å². The molecule has 0 aliphatic heterocycles. The molecule has 0 spiro atoms. The fraction of sp³-hybridized carbons (Fsp3) is 0.188. The smallest absolute Gasteiger partial charge is 0.249 e. The van der Waals surface area contributed by atoms with E-state index in [-0.39, 0.29) is 5.91 Å². The summed E-state index contributed by atoms with van der Waals surface area (Å²) in [5.41, 5.74) is 9.22. The average Bonchev–Trinajstić information content (AvgIpc) is 2.38. The van der Waals surface area contributed by atoms with Gasteiger partial charge in [-0.2, -0.15) is 0 Å². The van der Waals surface area contributed by atoms with Crippen molar-refractivity contribution in [2.24, 2.45) is 5.73 Å². The highest BCUT2D eigenvalue weighted by atomic mass is 16.1. The highest BCUT2D eigenvalue weighted by Crippen LogP contribution is 2.32. The summed E-state index contributed by atoms with van der Waals surface area (Å²) < 4.78 is 0. The molecule has 0 heterocycles. The summed E-state index contributed by atoms with van der Waals surface area (Å²) in [5.74, 6) is -0.0316. The lowest BCUT2D eigenvalue weighted by Crippen LogP contribution is -2.13. The second-order valence-electron chi connectivity index (χ2n) is 4.65. The molecule has 0 radical (unpaired) electrons. The number of hydrogen-bond acceptors (Lipinski definition) is 1. The number of rotatable bonds is 3. The molecule has 2 heteroatoms. The lowest BCUT2D eigenvalue weighted by molar-refractivity contribution is 0.100. The minimum absolute atomic E-state index is 0.347. The molecule has 0 unspecified atom stereocenters. The Labute approximate surface area is 107 Å². The molecule has 0 fully saturated rings. The number of carbonyl (C=O) groups excluding carboxylic acids is 1. The van der Waals surface area contributed by atoms with E-state index in [0.717, 1.165) is 16.7 Å². The van der Waals surface area contributed by atoms with E-state index < -0.39 is 0 Å². The third kappa shape index (κ3) is 2.28. The van der Waals surface area contributed by atoms with E-state index in [1.54, 1.807) is 6.07 Å². The van der Waals surface area contributed by atoms with E-state index in [4.69, 9.17) is 5.73 Å². The Morgan fingerprint density at radius 2 is 1.67 bits per heavy atom. The number of nitrogens with two attached hydrogens (primary N) is 1. The molecule has 0 atom stereocenters. The number of primary amides is 1. The first-order valence-corrected chi connectivity index (χ1v) is 6.09. The molecule has 0 aromatic heterocycles. The molecule has 1 amide bonds. The zero-order chi connectivity index (χ0) is 13.1. The van der Waals surface area contributed by atoms with Crippen molar-refractivity contribution in [2.45, 2.75) is 19.8 Å². The molecule has 2 aromatic carbocycles. The van der Waals surface area contributed by atoms with Gasteiger partial charge in [-0.05, 0) is 28.7 Å². The van der Waals surface area contributed by atoms with Gasteiger partial charge in [-0.25, -0.2) is 0 Å². The van der Waals surface area contributed by atoms with Crippen LogP contribution in [0.25, 0.3) is 11.1 Å². The highest BCUT2D eigenvalue weighted by molar-refractivity contribution is 6.00. The standard InChI is InChI=1S/C16H17NO/c1-11(2)13-9-6-10-14(16(17)18)15(13)12-7-4-3-5-8-12/h3-11H,1-2H3,(H2,17,18). The van der Waals surface area contributed by atoms with Crippen molar-refractivity contribution >= 4 is 5.91 Å². The van der Waals surface area contributed by atoms with Crippen molar-refractivity contribution in [3.05, 3.63) is 59.7 Å². The molecular formula is C16H17NO. The molecule has 0 bridgehead atoms. The quantitative estimate of drug-likeness (QED) is 0.874. The first-order chi connectivity index (χ1) is 8.61. The Hall–Kier alpha value is -2.09. The maximum Gasteiger partial charge on any atom is 0.249 e. The van der Waals surface area contributed by atoms with Gasteiger partial charge >= 0.3 is 0 Å². The first kappa shape index (κ1) is 12.4. The van der Waals surface area contributed by atoms with Crippen molar-refractivity contribution in [3.63, 3.8) is 0 Å². The van der Waals surface area contributed by atoms with Crippen LogP contribution in [0.4, 0.5) is 0 Å². The molecule has 2 aromatic rings. The van der Waals surface area contributed by atoms with Gasteiger partial charge in [0, 0.05) is 5.56 Å². The van der Waals surface area contributed by atoms with Crippen LogP contribution in [0.3, 0.4) is 0 Å². The van der Waals surface area contributed by atoms with Crippen LogP contribution in [0, 0.1) is 0 Å². The number of carbonyl (C=O) groups is 1. The summed E-state index contributed by atoms with van der Waals surface area (Å²) >= 11 is 0. The maximum absolute atomic E-state index is 11.6. The average molecular weight is 239 g/mol. The summed E-state index contributed by atoms with van der Waals surface area (Å²) in [4.78, 5) is 11.6. The molecule has 0 saturated heterocycles. The molecule has 2 rings (SSSR count). The van der Waals surface area contributed by atoms with Gasteiger partial charge < -0.3 is 5.73 Å². The van der Waals surface area contributed by atoms with Gasteiger partial charge in [0.25, 0.3) is 0 Å². The lowest BCUT2D eigenvalue weighted by atomic mass is 9.88. The van der Waals surface area contributed by atoms with Crippen molar-refractivity contribution in [3.8, 4) is 11.1 Å². The van der Waals surface area contributed by atoms with E-state index in [2.05, 4.69) is 19.9 Å². The third-order valence-electron chi connectivity index (χ3n) is 3.05. The van der Waals surface area contributed by atoms with Gasteiger partial charge in [0.05, 0.1) is 0 Å². The Morgan fingerprint density at radius 1 is 1.00 bits per heavy atom. The van der Waals surface area contributed by atoms with E-state index in [0.29, 0.717) is 11.5 Å². The molecule has 92 valence electrons. The normalized spacial score (nSPS) is 10.6. The van der Waals surface area contributed by atoms with Gasteiger partial charge in [-0.3, -0.25) is 4.79 Å². The van der Waals surface area contributed by atoms with Crippen molar-refractivity contribution < 1.29 is 4.79 Å². The van der Waals surface area contributed by atoms with Crippen LogP contribution >= 0.6 is 0 Å². The predicted molar refractivity (Wildman–Crippen MR) is 74.5 cm³/mol. The SMILES string of the molecule is CC(C)c1cccc(C(N)=O)c1-c1ccccc1. The molecule has 0 aliphatic rings. The summed E-state index contributed by atoms with van der Waals surface area (Å²) in [6.07, 6.45) is 0. The van der Waals surface area contributed by atoms with E-state index >= 15 is 0 Å². The van der Waals surface area contributed by atoms with Crippen LogP contribution in [-0.4, -0.2) is 5.91 Å². The Morgan fingerprint density at radius 3 is 2.22 bits per heavy atom. The van der Waals surface area contributed by atoms with Gasteiger partial charge in [-0.15, -0.1) is 0 Å². The minimum Gasteiger partial charge on any atom is -0.366 e. The lowest BCUT2D eigenvalue weighted by Gasteiger charge is -2.16. The number of hydrogen-bond donors (Lipinski definition) is 1. The Kier molecular flexibility index (Phi) is 3.47. The number of benzene rings is 2. The van der Waals surface area contributed by atoms with E-state index in [1.165, 1.54) is 0 Å². The van der Waals surface area contributed by atoms with Gasteiger partial charge in [0.15, 0.2) is 0 Å². The zero-order valence-corrected chi connectivity index (χ0v) is 10.7. The second kappa shape index (κ2) is 5.05. The Bertz CT molecular complexity index is 559. The molecular weight excluding hydrogens is 222 g/mol. The minimum atomic E-state index is -0.378. The van der Waals surface area contributed by atoms with Crippen LogP contribution in [0.2, 0.25) is 0 Å². The largest absolute Gasteiger partial charge is 0.366 e. The molecule has 2 N–H and O–H groups in total. The zero-order valence-electron chi connectivity index (χ0n) is 10.7. The second-order valence-corrected chi connectivity index (χ2v) is 4.65. The van der Waals surface area contributed by atoms with Crippen LogP contribution < -0.4 is 5.73 Å². The summed E-state index contributed by atoms with van der Waals surface area (Å²) in [7, 11) is 0. The summed E-state index contributed by atoms with van der Waals surface area (Å²) in [5, 5.41) is 0. The number of amides is 1. The maximum atomic E-state index is 11.6. The predicted octanol–water partition coefficient (Wildman–Crippen LogP) is 3.58. The van der Waals surface area contributed by atoms with Crippen LogP contribution in [0.15, 0.2) is 48.5 Å². The molecule has 2 nitrogen and oxygen atoms in total. The van der Waals surface area contributed by atoms with E-state index in [9.17, 15) is 4.79 Å².